The molecule has 0 saturated carbocycles. The third kappa shape index (κ3) is 2.38. The molecule has 2 aromatic rings. The highest BCUT2D eigenvalue weighted by Gasteiger charge is 2.09. The number of anilines is 2. The van der Waals surface area contributed by atoms with E-state index in [1.165, 1.54) is 13.3 Å². The van der Waals surface area contributed by atoms with Crippen LogP contribution in [0, 0.1) is 6.92 Å². The average molecular weight is 268 g/mol. The number of ether oxygens (including phenoxy) is 1. The number of methoxy groups -OCH3 is 1. The molecule has 2 aromatic heterocycles. The standard InChI is InChI=1S/C11H14ClN5O/c1-4-17-7(2)9(6-14-17)15-11-13-5-8(12)10(16-11)18-3/h5-6H,4H2,1-3H3,(H,13,15,16). The molecule has 0 aliphatic heterocycles. The van der Waals surface area contributed by atoms with Crippen LogP contribution in [0.2, 0.25) is 5.02 Å². The van der Waals surface area contributed by atoms with Gasteiger partial charge in [-0.15, -0.1) is 0 Å². The molecule has 18 heavy (non-hydrogen) atoms. The molecule has 6 nitrogen and oxygen atoms in total. The van der Waals surface area contributed by atoms with Crippen molar-refractivity contribution in [2.75, 3.05) is 12.4 Å². The normalized spacial score (nSPS) is 10.4. The van der Waals surface area contributed by atoms with E-state index in [4.69, 9.17) is 16.3 Å². The van der Waals surface area contributed by atoms with Crippen LogP contribution in [0.3, 0.4) is 0 Å². The van der Waals surface area contributed by atoms with E-state index in [0.29, 0.717) is 16.9 Å². The Morgan fingerprint density at radius 1 is 1.44 bits per heavy atom. The molecule has 0 atom stereocenters. The van der Waals surface area contributed by atoms with Gasteiger partial charge in [0.1, 0.15) is 5.02 Å². The van der Waals surface area contributed by atoms with Crippen LogP contribution in [-0.4, -0.2) is 26.9 Å². The van der Waals surface area contributed by atoms with Crippen molar-refractivity contribution in [2.24, 2.45) is 0 Å². The predicted octanol–water partition coefficient (Wildman–Crippen LogP) is 2.41. The molecule has 0 unspecified atom stereocenters. The van der Waals surface area contributed by atoms with Crippen LogP contribution in [0.5, 0.6) is 5.88 Å². The maximum Gasteiger partial charge on any atom is 0.237 e. The Morgan fingerprint density at radius 3 is 2.83 bits per heavy atom. The number of nitrogens with one attached hydrogen (secondary N) is 1. The van der Waals surface area contributed by atoms with Gasteiger partial charge in [0.05, 0.1) is 30.9 Å². The lowest BCUT2D eigenvalue weighted by Crippen LogP contribution is -2.02. The van der Waals surface area contributed by atoms with E-state index in [9.17, 15) is 0 Å². The predicted molar refractivity (Wildman–Crippen MR) is 69.5 cm³/mol. The fourth-order valence-corrected chi connectivity index (χ4v) is 1.73. The Kier molecular flexibility index (Phi) is 3.66. The second-order valence-electron chi connectivity index (χ2n) is 3.64. The van der Waals surface area contributed by atoms with Gasteiger partial charge >= 0.3 is 0 Å². The second-order valence-corrected chi connectivity index (χ2v) is 4.04. The van der Waals surface area contributed by atoms with E-state index >= 15 is 0 Å². The van der Waals surface area contributed by atoms with Crippen LogP contribution < -0.4 is 10.1 Å². The van der Waals surface area contributed by atoms with Gasteiger partial charge in [0.2, 0.25) is 11.8 Å². The first kappa shape index (κ1) is 12.6. The Labute approximate surface area is 110 Å². The van der Waals surface area contributed by atoms with Crippen molar-refractivity contribution in [3.05, 3.63) is 23.1 Å². The maximum absolute atomic E-state index is 5.86. The zero-order valence-corrected chi connectivity index (χ0v) is 11.2. The van der Waals surface area contributed by atoms with Crippen LogP contribution in [0.1, 0.15) is 12.6 Å². The third-order valence-electron chi connectivity index (χ3n) is 2.55. The summed E-state index contributed by atoms with van der Waals surface area (Å²) in [6.45, 7) is 4.83. The highest BCUT2D eigenvalue weighted by atomic mass is 35.5. The molecule has 0 radical (unpaired) electrons. The molecule has 0 aliphatic rings. The molecular weight excluding hydrogens is 254 g/mol. The van der Waals surface area contributed by atoms with Crippen LogP contribution in [-0.2, 0) is 6.54 Å². The molecule has 96 valence electrons. The zero-order chi connectivity index (χ0) is 13.1. The van der Waals surface area contributed by atoms with Crippen molar-refractivity contribution >= 4 is 23.2 Å². The van der Waals surface area contributed by atoms with Gasteiger partial charge in [0.15, 0.2) is 0 Å². The minimum atomic E-state index is 0.342. The summed E-state index contributed by atoms with van der Waals surface area (Å²) in [7, 11) is 1.51. The average Bonchev–Trinajstić information content (AvgIpc) is 2.73. The molecule has 0 saturated heterocycles. The molecule has 0 fully saturated rings. The third-order valence-corrected chi connectivity index (χ3v) is 2.81. The first-order valence-corrected chi connectivity index (χ1v) is 5.89. The first-order chi connectivity index (χ1) is 8.65. The number of hydrogen-bond donors (Lipinski definition) is 1. The molecule has 7 heteroatoms. The van der Waals surface area contributed by atoms with Gasteiger partial charge in [-0.3, -0.25) is 4.68 Å². The summed E-state index contributed by atoms with van der Waals surface area (Å²) >= 11 is 5.86. The van der Waals surface area contributed by atoms with Gasteiger partial charge < -0.3 is 10.1 Å². The summed E-state index contributed by atoms with van der Waals surface area (Å²) in [4.78, 5) is 8.24. The summed E-state index contributed by atoms with van der Waals surface area (Å²) < 4.78 is 6.92. The van der Waals surface area contributed by atoms with Crippen molar-refractivity contribution in [1.29, 1.82) is 0 Å². The fourth-order valence-electron chi connectivity index (χ4n) is 1.56. The van der Waals surface area contributed by atoms with E-state index in [1.807, 2.05) is 18.5 Å². The van der Waals surface area contributed by atoms with Crippen molar-refractivity contribution < 1.29 is 4.74 Å². The molecule has 0 spiro atoms. The zero-order valence-electron chi connectivity index (χ0n) is 10.4. The van der Waals surface area contributed by atoms with Crippen LogP contribution in [0.4, 0.5) is 11.6 Å². The highest BCUT2D eigenvalue weighted by Crippen LogP contribution is 2.23. The fraction of sp³-hybridized carbons (Fsp3) is 0.364. The van der Waals surface area contributed by atoms with E-state index in [1.54, 1.807) is 6.20 Å². The van der Waals surface area contributed by atoms with Crippen molar-refractivity contribution in [3.63, 3.8) is 0 Å². The Bertz CT molecular complexity index is 554. The number of aromatic nitrogens is 4. The molecule has 0 amide bonds. The first-order valence-electron chi connectivity index (χ1n) is 5.51. The van der Waals surface area contributed by atoms with Crippen molar-refractivity contribution in [2.45, 2.75) is 20.4 Å². The van der Waals surface area contributed by atoms with E-state index in [2.05, 4.69) is 20.4 Å². The Hall–Kier alpha value is -1.82. The van der Waals surface area contributed by atoms with E-state index in [-0.39, 0.29) is 0 Å². The molecular formula is C11H14ClN5O. The summed E-state index contributed by atoms with van der Waals surface area (Å²) in [5.41, 5.74) is 1.89. The quantitative estimate of drug-likeness (QED) is 0.922. The van der Waals surface area contributed by atoms with Crippen molar-refractivity contribution in [3.8, 4) is 5.88 Å². The van der Waals surface area contributed by atoms with Crippen LogP contribution in [0.25, 0.3) is 0 Å². The SMILES string of the molecule is CCn1ncc(Nc2ncc(Cl)c(OC)n2)c1C. The lowest BCUT2D eigenvalue weighted by atomic mass is 10.4. The Morgan fingerprint density at radius 2 is 2.22 bits per heavy atom. The van der Waals surface area contributed by atoms with E-state index in [0.717, 1.165) is 17.9 Å². The Balaban J connectivity index is 2.25. The summed E-state index contributed by atoms with van der Waals surface area (Å²) in [5.74, 6) is 0.768. The summed E-state index contributed by atoms with van der Waals surface area (Å²) in [5, 5.41) is 7.70. The smallest absolute Gasteiger partial charge is 0.237 e. The van der Waals surface area contributed by atoms with Gasteiger partial charge in [-0.2, -0.15) is 10.1 Å². The van der Waals surface area contributed by atoms with Crippen molar-refractivity contribution in [1.82, 2.24) is 19.7 Å². The summed E-state index contributed by atoms with van der Waals surface area (Å²) in [6, 6.07) is 0. The number of halogens is 1. The number of hydrogen-bond acceptors (Lipinski definition) is 5. The molecule has 2 heterocycles. The lowest BCUT2D eigenvalue weighted by molar-refractivity contribution is 0.398. The number of aryl methyl sites for hydroxylation is 1. The van der Waals surface area contributed by atoms with Gasteiger partial charge in [0, 0.05) is 6.54 Å². The van der Waals surface area contributed by atoms with Gasteiger partial charge in [-0.05, 0) is 13.8 Å². The topological polar surface area (TPSA) is 64.9 Å². The highest BCUT2D eigenvalue weighted by molar-refractivity contribution is 6.31. The molecule has 2 rings (SSSR count). The lowest BCUT2D eigenvalue weighted by Gasteiger charge is -2.06. The molecule has 1 N–H and O–H groups in total. The van der Waals surface area contributed by atoms with Crippen LogP contribution in [0.15, 0.2) is 12.4 Å². The summed E-state index contributed by atoms with van der Waals surface area (Å²) in [6.07, 6.45) is 3.23. The van der Waals surface area contributed by atoms with E-state index < -0.39 is 0 Å². The van der Waals surface area contributed by atoms with Crippen LogP contribution >= 0.6 is 11.6 Å². The molecule has 0 aromatic carbocycles. The molecule has 0 bridgehead atoms. The monoisotopic (exact) mass is 267 g/mol. The largest absolute Gasteiger partial charge is 0.480 e. The maximum atomic E-state index is 5.86. The number of rotatable bonds is 4. The second kappa shape index (κ2) is 5.22. The number of nitrogens with zero attached hydrogens (tertiary/aromatic N) is 4. The van der Waals surface area contributed by atoms with Gasteiger partial charge in [-0.25, -0.2) is 4.98 Å². The van der Waals surface area contributed by atoms with Gasteiger partial charge in [0.25, 0.3) is 0 Å². The minimum Gasteiger partial charge on any atom is -0.480 e. The van der Waals surface area contributed by atoms with Gasteiger partial charge in [-0.1, -0.05) is 11.6 Å². The minimum absolute atomic E-state index is 0.342. The molecule has 0 aliphatic carbocycles.